The summed E-state index contributed by atoms with van der Waals surface area (Å²) in [4.78, 5) is 0. The molecule has 0 saturated carbocycles. The smallest absolute Gasteiger partial charge is 0.209 e. The molecule has 6 aromatic heterocycles. The predicted octanol–water partition coefficient (Wildman–Crippen LogP) is 3.21. The molecule has 3 aliphatic carbocycles. The summed E-state index contributed by atoms with van der Waals surface area (Å²) < 4.78 is 10.5. The number of thioether (sulfide) groups is 6. The van der Waals surface area contributed by atoms with Crippen LogP contribution in [0.5, 0.6) is 0 Å². The van der Waals surface area contributed by atoms with Gasteiger partial charge >= 0.3 is 0 Å². The molecule has 24 nitrogen and oxygen atoms in total. The topological polar surface area (TPSA) is 262 Å². The summed E-state index contributed by atoms with van der Waals surface area (Å²) in [5.41, 5.74) is 7.74. The Morgan fingerprint density at radius 3 is 0.550 bits per heavy atom. The fourth-order valence-electron chi connectivity index (χ4n) is 8.12. The zero-order valence-corrected chi connectivity index (χ0v) is 37.8. The lowest BCUT2D eigenvalue weighted by Crippen LogP contribution is -2.28. The highest BCUT2D eigenvalue weighted by molar-refractivity contribution is 8.01. The molecule has 0 aliphatic heterocycles. The zero-order valence-electron chi connectivity index (χ0n) is 32.9. The molecule has 6 heterocycles. The minimum atomic E-state index is -0.00250. The van der Waals surface area contributed by atoms with Gasteiger partial charge in [-0.2, -0.15) is 0 Å². The lowest BCUT2D eigenvalue weighted by molar-refractivity contribution is 0.570. The van der Waals surface area contributed by atoms with Crippen molar-refractivity contribution in [1.82, 2.24) is 121 Å². The minimum Gasteiger partial charge on any atom is -0.224 e. The third-order valence-electron chi connectivity index (χ3n) is 10.7. The molecule has 0 amide bonds. The van der Waals surface area contributed by atoms with E-state index in [1.54, 1.807) is 98.7 Å². The first-order valence-corrected chi connectivity index (χ1v) is 24.1. The molecular formula is C30H36N24S6. The molecular weight excluding hydrogens is 889 g/mol. The van der Waals surface area contributed by atoms with E-state index in [4.69, 9.17) is 0 Å². The molecule has 1 aromatic carbocycles. The number of benzene rings is 1. The van der Waals surface area contributed by atoms with Gasteiger partial charge in [-0.25, -0.2) is 28.1 Å². The Hall–Kier alpha value is -4.26. The summed E-state index contributed by atoms with van der Waals surface area (Å²) >= 11 is 10.3. The van der Waals surface area contributed by atoms with Gasteiger partial charge < -0.3 is 0 Å². The Morgan fingerprint density at radius 1 is 0.283 bits per heavy atom. The van der Waals surface area contributed by atoms with Crippen LogP contribution in [0.2, 0.25) is 0 Å². The maximum atomic E-state index is 4.49. The normalized spacial score (nSPS) is 22.5. The lowest BCUT2D eigenvalue weighted by Gasteiger charge is -2.45. The van der Waals surface area contributed by atoms with E-state index in [9.17, 15) is 0 Å². The number of fused-ring (bicyclic) bond motifs is 6. The van der Waals surface area contributed by atoms with Crippen molar-refractivity contribution in [2.75, 3.05) is 0 Å². The van der Waals surface area contributed by atoms with Crippen LogP contribution < -0.4 is 0 Å². The second-order valence-electron chi connectivity index (χ2n) is 14.4. The van der Waals surface area contributed by atoms with E-state index in [2.05, 4.69) is 93.2 Å². The number of hydrogen-bond acceptors (Lipinski definition) is 24. The van der Waals surface area contributed by atoms with Gasteiger partial charge in [-0.15, -0.1) is 30.6 Å². The van der Waals surface area contributed by atoms with Crippen LogP contribution in [0.15, 0.2) is 30.9 Å². The van der Waals surface area contributed by atoms with Gasteiger partial charge in [0.1, 0.15) is 0 Å². The molecule has 0 bridgehead atoms. The Labute approximate surface area is 366 Å². The highest BCUT2D eigenvalue weighted by atomic mass is 32.2. The van der Waals surface area contributed by atoms with Gasteiger partial charge in [0.15, 0.2) is 0 Å². The molecule has 60 heavy (non-hydrogen) atoms. The van der Waals surface area contributed by atoms with Gasteiger partial charge in [-0.05, 0) is 134 Å². The second-order valence-corrected chi connectivity index (χ2v) is 21.4. The first kappa shape index (κ1) is 39.9. The Balaban J connectivity index is 1.29. The Kier molecular flexibility index (Phi) is 11.0. The predicted molar refractivity (Wildman–Crippen MR) is 219 cm³/mol. The van der Waals surface area contributed by atoms with E-state index in [1.807, 2.05) is 42.3 Å². The Bertz CT molecular complexity index is 2170. The summed E-state index contributed by atoms with van der Waals surface area (Å²) in [5, 5.41) is 81.0. The van der Waals surface area contributed by atoms with E-state index < -0.39 is 0 Å². The molecule has 312 valence electrons. The number of aromatic nitrogens is 24. The van der Waals surface area contributed by atoms with Gasteiger partial charge in [0.2, 0.25) is 30.9 Å². The quantitative estimate of drug-likeness (QED) is 0.170. The Morgan fingerprint density at radius 2 is 0.433 bits per heavy atom. The second kappa shape index (κ2) is 16.5. The molecule has 7 aromatic rings. The number of nitrogens with zero attached hydrogens (tertiary/aromatic N) is 24. The first-order valence-electron chi connectivity index (χ1n) is 18.8. The van der Waals surface area contributed by atoms with Crippen LogP contribution in [0, 0.1) is 0 Å². The monoisotopic (exact) mass is 924 g/mol. The zero-order chi connectivity index (χ0) is 41.1. The van der Waals surface area contributed by atoms with Crippen LogP contribution in [0.3, 0.4) is 0 Å². The summed E-state index contributed by atoms with van der Waals surface area (Å²) in [7, 11) is 11.3. The molecule has 0 radical (unpaired) electrons. The molecule has 30 heteroatoms. The van der Waals surface area contributed by atoms with Gasteiger partial charge in [-0.3, -0.25) is 0 Å². The van der Waals surface area contributed by atoms with E-state index >= 15 is 0 Å². The first-order chi connectivity index (χ1) is 29.2. The third-order valence-corrected chi connectivity index (χ3v) is 18.6. The highest BCUT2D eigenvalue weighted by Gasteiger charge is 2.47. The fraction of sp³-hybridized carbons (Fsp3) is 0.600. The van der Waals surface area contributed by atoms with Crippen molar-refractivity contribution in [3.8, 4) is 0 Å². The fourth-order valence-corrected chi connectivity index (χ4v) is 15.0. The standard InChI is InChI=1S/C30H36N24S6/c1-49-25(31-37-43-49)55-13-7-8-14(56-26-32-38-44-50(26)2)20-19(13)21-15(57-27-33-39-45-51(27)3)9-10-16(58-28-34-40-46-52(28)4)23(21)24-18(60-30-36-42-48-54(30)6)12-11-17(22(20)24)59-29-35-41-47-53(29)5/h13-18H,7-12H2,1-6H3/t13-,14-,15-,16-,17-,18-/m1/s1. The maximum Gasteiger partial charge on any atom is 0.209 e. The molecule has 3 aliphatic rings. The molecule has 0 spiro atoms. The SMILES string of the molecule is Cn1nnnc1S[C@@H]1CC[C@@H](Sc2nnnn2C)c2c1c1c(c3c2[C@H](Sc2nnnn2C)CC[C@H]3Sc2nnnn2C)[C@H](Sc2nnnn2C)CC[C@H]1Sc1nnnn1C. The van der Waals surface area contributed by atoms with Gasteiger partial charge in [0.05, 0.1) is 0 Å². The lowest BCUT2D eigenvalue weighted by atomic mass is 9.71. The highest BCUT2D eigenvalue weighted by Crippen LogP contribution is 2.66. The van der Waals surface area contributed by atoms with Crippen molar-refractivity contribution in [2.24, 2.45) is 42.3 Å². The van der Waals surface area contributed by atoms with E-state index in [0.29, 0.717) is 0 Å². The van der Waals surface area contributed by atoms with Crippen LogP contribution in [0.25, 0.3) is 0 Å². The van der Waals surface area contributed by atoms with Crippen LogP contribution in [-0.2, 0) is 42.3 Å². The van der Waals surface area contributed by atoms with E-state index in [-0.39, 0.29) is 31.5 Å². The molecule has 6 atom stereocenters. The van der Waals surface area contributed by atoms with Crippen molar-refractivity contribution in [3.63, 3.8) is 0 Å². The van der Waals surface area contributed by atoms with Crippen LogP contribution in [-0.4, -0.2) is 121 Å². The summed E-state index contributed by atoms with van der Waals surface area (Å²) in [6, 6.07) is 0. The van der Waals surface area contributed by atoms with Crippen LogP contribution >= 0.6 is 70.6 Å². The average Bonchev–Trinajstić information content (AvgIpc) is 4.13. The van der Waals surface area contributed by atoms with Crippen LogP contribution in [0.4, 0.5) is 0 Å². The van der Waals surface area contributed by atoms with E-state index in [1.165, 1.54) is 33.4 Å². The summed E-state index contributed by atoms with van der Waals surface area (Å²) in [5.74, 6) is 0. The number of aryl methyl sites for hydroxylation is 6. The van der Waals surface area contributed by atoms with Crippen LogP contribution in [0.1, 0.15) is 103 Å². The molecule has 10 rings (SSSR count). The maximum absolute atomic E-state index is 4.49. The number of hydrogen-bond donors (Lipinski definition) is 0. The van der Waals surface area contributed by atoms with Crippen molar-refractivity contribution in [3.05, 3.63) is 33.4 Å². The van der Waals surface area contributed by atoms with Crippen molar-refractivity contribution in [1.29, 1.82) is 0 Å². The van der Waals surface area contributed by atoms with Crippen molar-refractivity contribution >= 4 is 70.6 Å². The molecule has 0 saturated heterocycles. The summed E-state index contributed by atoms with van der Waals surface area (Å²) in [6.45, 7) is 0. The summed E-state index contributed by atoms with van der Waals surface area (Å²) in [6.07, 6.45) is 5.17. The molecule has 0 N–H and O–H groups in total. The van der Waals surface area contributed by atoms with Gasteiger partial charge in [0.25, 0.3) is 0 Å². The van der Waals surface area contributed by atoms with Crippen molar-refractivity contribution in [2.45, 2.75) is 101 Å². The largest absolute Gasteiger partial charge is 0.224 e. The average molecular weight is 925 g/mol. The third kappa shape index (κ3) is 7.34. The molecule has 0 unspecified atom stereocenters. The van der Waals surface area contributed by atoms with Gasteiger partial charge in [-0.1, -0.05) is 70.6 Å². The van der Waals surface area contributed by atoms with Crippen molar-refractivity contribution < 1.29 is 0 Å². The van der Waals surface area contributed by atoms with Gasteiger partial charge in [0, 0.05) is 73.8 Å². The minimum absolute atomic E-state index is 0.00250. The number of tetrazole rings is 6. The van der Waals surface area contributed by atoms with E-state index in [0.717, 1.165) is 69.5 Å². The molecule has 0 fully saturated rings. The number of rotatable bonds is 12.